The summed E-state index contributed by atoms with van der Waals surface area (Å²) in [6.07, 6.45) is 1.86. The molecule has 1 atom stereocenters. The minimum Gasteiger partial charge on any atom is -0.379 e. The number of nitrogens with one attached hydrogen (secondary N) is 1. The van der Waals surface area contributed by atoms with Gasteiger partial charge in [0.1, 0.15) is 0 Å². The fourth-order valence-corrected chi connectivity index (χ4v) is 4.10. The van der Waals surface area contributed by atoms with E-state index >= 15 is 0 Å². The van der Waals surface area contributed by atoms with Crippen molar-refractivity contribution >= 4 is 22.2 Å². The lowest BCUT2D eigenvalue weighted by molar-refractivity contribution is 0.0374. The Kier molecular flexibility index (Phi) is 6.87. The van der Waals surface area contributed by atoms with E-state index in [1.807, 2.05) is 0 Å². The van der Waals surface area contributed by atoms with Gasteiger partial charge >= 0.3 is 0 Å². The first-order valence-electron chi connectivity index (χ1n) is 6.40. The quantitative estimate of drug-likeness (QED) is 0.719. The van der Waals surface area contributed by atoms with Crippen LogP contribution in [0.4, 0.5) is 0 Å². The lowest BCUT2D eigenvalue weighted by Gasteiger charge is -2.26. The van der Waals surface area contributed by atoms with Crippen LogP contribution in [0.3, 0.4) is 0 Å². The van der Waals surface area contributed by atoms with Gasteiger partial charge in [-0.3, -0.25) is 4.90 Å². The molecular weight excluding hydrogens is 276 g/mol. The predicted molar refractivity (Wildman–Crippen MR) is 74.2 cm³/mol. The number of halogens is 1. The maximum absolute atomic E-state index is 11.3. The highest BCUT2D eigenvalue weighted by atomic mass is 35.5. The topological polar surface area (TPSA) is 58.6 Å². The van der Waals surface area contributed by atoms with Gasteiger partial charge in [0.2, 0.25) is 0 Å². The molecule has 2 aliphatic heterocycles. The van der Waals surface area contributed by atoms with Crippen molar-refractivity contribution < 1.29 is 13.2 Å². The van der Waals surface area contributed by atoms with E-state index in [1.165, 1.54) is 0 Å². The summed E-state index contributed by atoms with van der Waals surface area (Å²) < 4.78 is 27.8. The molecule has 0 aromatic carbocycles. The minimum absolute atomic E-state index is 0. The normalized spacial score (nSPS) is 27.9. The number of hydrogen-bond donors (Lipinski definition) is 1. The Morgan fingerprint density at radius 3 is 2.61 bits per heavy atom. The van der Waals surface area contributed by atoms with E-state index < -0.39 is 9.84 Å². The third-order valence-corrected chi connectivity index (χ3v) is 5.19. The van der Waals surface area contributed by atoms with Gasteiger partial charge in [-0.2, -0.15) is 0 Å². The molecule has 1 N–H and O–H groups in total. The zero-order valence-corrected chi connectivity index (χ0v) is 12.3. The second-order valence-electron chi connectivity index (χ2n) is 4.86. The highest BCUT2D eigenvalue weighted by Gasteiger charge is 2.26. The van der Waals surface area contributed by atoms with E-state index in [9.17, 15) is 8.42 Å². The molecule has 0 aromatic rings. The first-order chi connectivity index (χ1) is 8.16. The summed E-state index contributed by atoms with van der Waals surface area (Å²) in [5.74, 6) is 0.679. The van der Waals surface area contributed by atoms with Crippen LogP contribution >= 0.6 is 12.4 Å². The first-order valence-corrected chi connectivity index (χ1v) is 8.22. The van der Waals surface area contributed by atoms with Gasteiger partial charge in [0.15, 0.2) is 9.84 Å². The molecule has 5 nitrogen and oxygen atoms in total. The van der Waals surface area contributed by atoms with Gasteiger partial charge in [0.05, 0.1) is 24.7 Å². The van der Waals surface area contributed by atoms with Crippen LogP contribution in [0.5, 0.6) is 0 Å². The van der Waals surface area contributed by atoms with E-state index in [0.29, 0.717) is 11.5 Å². The largest absolute Gasteiger partial charge is 0.379 e. The second-order valence-corrected chi connectivity index (χ2v) is 7.09. The second kappa shape index (κ2) is 7.65. The van der Waals surface area contributed by atoms with Crippen LogP contribution in [0.1, 0.15) is 12.8 Å². The number of rotatable bonds is 5. The van der Waals surface area contributed by atoms with E-state index in [1.54, 1.807) is 0 Å². The Morgan fingerprint density at radius 1 is 1.28 bits per heavy atom. The van der Waals surface area contributed by atoms with Crippen LogP contribution < -0.4 is 5.32 Å². The maximum atomic E-state index is 11.3. The predicted octanol–water partition coefficient (Wildman–Crippen LogP) is -0.0928. The number of hydrogen-bond acceptors (Lipinski definition) is 5. The zero-order valence-electron chi connectivity index (χ0n) is 10.6. The van der Waals surface area contributed by atoms with Gasteiger partial charge in [-0.05, 0) is 25.9 Å². The van der Waals surface area contributed by atoms with E-state index in [-0.39, 0.29) is 18.4 Å². The molecule has 0 saturated carbocycles. The molecule has 0 radical (unpaired) electrons. The lowest BCUT2D eigenvalue weighted by atomic mass is 10.2. The summed E-state index contributed by atoms with van der Waals surface area (Å²) in [7, 11) is -2.74. The Labute approximate surface area is 116 Å². The van der Waals surface area contributed by atoms with E-state index in [4.69, 9.17) is 4.74 Å². The molecule has 2 fully saturated rings. The van der Waals surface area contributed by atoms with Crippen molar-refractivity contribution in [3.63, 3.8) is 0 Å². The molecule has 108 valence electrons. The number of nitrogens with zero attached hydrogens (tertiary/aromatic N) is 1. The molecule has 1 unspecified atom stereocenters. The molecule has 0 bridgehead atoms. The summed E-state index contributed by atoms with van der Waals surface area (Å²) >= 11 is 0. The van der Waals surface area contributed by atoms with Crippen LogP contribution in [0.15, 0.2) is 0 Å². The number of ether oxygens (including phenoxy) is 1. The standard InChI is InChI=1S/C11H22N2O3S.ClH/c14-17(15)9-2-11(10-17)12-3-1-4-13-5-7-16-8-6-13;/h11-12H,1-10H2;1H. The molecule has 0 spiro atoms. The summed E-state index contributed by atoms with van der Waals surface area (Å²) in [6, 6.07) is 0.185. The van der Waals surface area contributed by atoms with Crippen LogP contribution in [0.25, 0.3) is 0 Å². The molecule has 2 heterocycles. The highest BCUT2D eigenvalue weighted by molar-refractivity contribution is 7.91. The van der Waals surface area contributed by atoms with Crippen molar-refractivity contribution in [2.75, 3.05) is 50.9 Å². The van der Waals surface area contributed by atoms with Gasteiger partial charge in [0, 0.05) is 19.1 Å². The molecule has 18 heavy (non-hydrogen) atoms. The average Bonchev–Trinajstić information content (AvgIpc) is 2.66. The SMILES string of the molecule is Cl.O=S1(=O)CCC(NCCCN2CCOCC2)C1. The lowest BCUT2D eigenvalue weighted by Crippen LogP contribution is -2.38. The molecule has 7 heteroatoms. The number of sulfone groups is 1. The van der Waals surface area contributed by atoms with Crippen molar-refractivity contribution in [2.45, 2.75) is 18.9 Å². The Hall–Kier alpha value is 0.120. The Balaban J connectivity index is 0.00000162. The molecule has 2 saturated heterocycles. The molecule has 2 rings (SSSR count). The highest BCUT2D eigenvalue weighted by Crippen LogP contribution is 2.11. The van der Waals surface area contributed by atoms with Gasteiger partial charge in [0.25, 0.3) is 0 Å². The smallest absolute Gasteiger partial charge is 0.151 e. The van der Waals surface area contributed by atoms with E-state index in [0.717, 1.165) is 52.2 Å². The van der Waals surface area contributed by atoms with Gasteiger partial charge < -0.3 is 10.1 Å². The molecule has 0 amide bonds. The van der Waals surface area contributed by atoms with Crippen molar-refractivity contribution in [2.24, 2.45) is 0 Å². The Morgan fingerprint density at radius 2 is 2.00 bits per heavy atom. The minimum atomic E-state index is -2.74. The fraction of sp³-hybridized carbons (Fsp3) is 1.00. The summed E-state index contributed by atoms with van der Waals surface area (Å²) in [6.45, 7) is 5.73. The summed E-state index contributed by atoms with van der Waals surface area (Å²) in [5.41, 5.74) is 0. The first kappa shape index (κ1) is 16.2. The van der Waals surface area contributed by atoms with Crippen molar-refractivity contribution in [1.82, 2.24) is 10.2 Å². The maximum Gasteiger partial charge on any atom is 0.151 e. The van der Waals surface area contributed by atoms with Crippen molar-refractivity contribution in [1.29, 1.82) is 0 Å². The third-order valence-electron chi connectivity index (χ3n) is 3.42. The van der Waals surface area contributed by atoms with Crippen LogP contribution in [0.2, 0.25) is 0 Å². The van der Waals surface area contributed by atoms with Crippen LogP contribution in [-0.4, -0.2) is 70.3 Å². The van der Waals surface area contributed by atoms with Gasteiger partial charge in [-0.25, -0.2) is 8.42 Å². The van der Waals surface area contributed by atoms with Crippen LogP contribution in [0, 0.1) is 0 Å². The fourth-order valence-electron chi connectivity index (χ4n) is 2.39. The van der Waals surface area contributed by atoms with E-state index in [2.05, 4.69) is 10.2 Å². The Bertz CT molecular complexity index is 331. The molecule has 0 aromatic heterocycles. The molecule has 0 aliphatic carbocycles. The van der Waals surface area contributed by atoms with Gasteiger partial charge in [-0.15, -0.1) is 12.4 Å². The zero-order chi connectivity index (χ0) is 12.1. The average molecular weight is 299 g/mol. The van der Waals surface area contributed by atoms with Crippen LogP contribution in [-0.2, 0) is 14.6 Å². The summed E-state index contributed by atoms with van der Waals surface area (Å²) in [5, 5.41) is 3.34. The third kappa shape index (κ3) is 5.40. The van der Waals surface area contributed by atoms with Crippen molar-refractivity contribution in [3.05, 3.63) is 0 Å². The van der Waals surface area contributed by atoms with Gasteiger partial charge in [-0.1, -0.05) is 0 Å². The monoisotopic (exact) mass is 298 g/mol. The molecule has 2 aliphatic rings. The number of morpholine rings is 1. The summed E-state index contributed by atoms with van der Waals surface area (Å²) in [4.78, 5) is 2.40. The van der Waals surface area contributed by atoms with Crippen molar-refractivity contribution in [3.8, 4) is 0 Å². The molecular formula is C11H23ClN2O3S.